The average molecular weight is 339 g/mol. The van der Waals surface area contributed by atoms with Crippen LogP contribution in [0.5, 0.6) is 0 Å². The normalized spacial score (nSPS) is 19.1. The van der Waals surface area contributed by atoms with Crippen molar-refractivity contribution in [2.24, 2.45) is 17.8 Å². The summed E-state index contributed by atoms with van der Waals surface area (Å²) < 4.78 is 0.787. The van der Waals surface area contributed by atoms with Gasteiger partial charge in [0.1, 0.15) is 0 Å². The van der Waals surface area contributed by atoms with Gasteiger partial charge >= 0.3 is 0 Å². The van der Waals surface area contributed by atoms with Crippen molar-refractivity contribution < 1.29 is 0 Å². The molecule has 0 fully saturated rings. The van der Waals surface area contributed by atoms with Gasteiger partial charge in [-0.05, 0) is 44.2 Å². The van der Waals surface area contributed by atoms with Gasteiger partial charge in [0.25, 0.3) is 0 Å². The number of rotatable bonds is 9. The van der Waals surface area contributed by atoms with Crippen LogP contribution < -0.4 is 5.32 Å². The highest BCUT2D eigenvalue weighted by molar-refractivity contribution is 14.1. The molecule has 0 aromatic heterocycles. The van der Waals surface area contributed by atoms with Crippen LogP contribution in [0, 0.1) is 17.8 Å². The van der Waals surface area contributed by atoms with Gasteiger partial charge in [-0.25, -0.2) is 0 Å². The fourth-order valence-corrected chi connectivity index (χ4v) is 3.77. The molecule has 0 saturated carbocycles. The second-order valence-corrected chi connectivity index (χ2v) is 7.31. The lowest BCUT2D eigenvalue weighted by molar-refractivity contribution is 0.276. The summed E-state index contributed by atoms with van der Waals surface area (Å²) >= 11 is 2.60. The van der Waals surface area contributed by atoms with Gasteiger partial charge in [-0.15, -0.1) is 0 Å². The smallest absolute Gasteiger partial charge is 0.0113 e. The van der Waals surface area contributed by atoms with Gasteiger partial charge in [-0.1, -0.05) is 63.1 Å². The van der Waals surface area contributed by atoms with E-state index in [-0.39, 0.29) is 0 Å². The number of halogens is 1. The second kappa shape index (κ2) is 9.69. The molecule has 1 N–H and O–H groups in total. The Morgan fingerprint density at radius 3 is 2.19 bits per heavy atom. The predicted molar refractivity (Wildman–Crippen MR) is 83.4 cm³/mol. The molecule has 0 saturated heterocycles. The lowest BCUT2D eigenvalue weighted by Gasteiger charge is -2.28. The average Bonchev–Trinajstić information content (AvgIpc) is 2.17. The minimum Gasteiger partial charge on any atom is -0.320 e. The van der Waals surface area contributed by atoms with Crippen LogP contribution in [0.3, 0.4) is 0 Å². The Balaban J connectivity index is 4.10. The number of alkyl halides is 1. The second-order valence-electron chi connectivity index (χ2n) is 5.34. The molecule has 16 heavy (non-hydrogen) atoms. The van der Waals surface area contributed by atoms with Crippen LogP contribution in [0.4, 0.5) is 0 Å². The number of hydrogen-bond donors (Lipinski definition) is 1. The van der Waals surface area contributed by atoms with Crippen LogP contribution in [0.1, 0.15) is 53.4 Å². The maximum absolute atomic E-state index is 3.28. The Hall–Kier alpha value is 0.690. The first-order valence-corrected chi connectivity index (χ1v) is 8.06. The Labute approximate surface area is 116 Å². The molecule has 1 nitrogen and oxygen atoms in total. The molecule has 4 atom stereocenters. The SMILES string of the molecule is CCCC(C)CC(C)C(CCNC)C(C)I. The molecule has 4 unspecified atom stereocenters. The molecule has 2 heteroatoms. The molecule has 0 aromatic carbocycles. The molecule has 0 heterocycles. The van der Waals surface area contributed by atoms with Crippen LogP contribution in [-0.2, 0) is 0 Å². The minimum absolute atomic E-state index is 0.787. The number of nitrogens with one attached hydrogen (secondary N) is 1. The van der Waals surface area contributed by atoms with E-state index in [2.05, 4.69) is 62.7 Å². The third-order valence-electron chi connectivity index (χ3n) is 3.60. The topological polar surface area (TPSA) is 12.0 Å². The lowest BCUT2D eigenvalue weighted by atomic mass is 9.82. The molecular weight excluding hydrogens is 309 g/mol. The van der Waals surface area contributed by atoms with Crippen molar-refractivity contribution in [3.8, 4) is 0 Å². The molecule has 0 rings (SSSR count). The highest BCUT2D eigenvalue weighted by atomic mass is 127. The first-order valence-electron chi connectivity index (χ1n) is 6.81. The van der Waals surface area contributed by atoms with Crippen molar-refractivity contribution in [3.63, 3.8) is 0 Å². The minimum atomic E-state index is 0.787. The van der Waals surface area contributed by atoms with Crippen LogP contribution in [-0.4, -0.2) is 17.5 Å². The number of hydrogen-bond acceptors (Lipinski definition) is 1. The lowest BCUT2D eigenvalue weighted by Crippen LogP contribution is -2.25. The monoisotopic (exact) mass is 339 g/mol. The van der Waals surface area contributed by atoms with E-state index in [1.54, 1.807) is 0 Å². The fourth-order valence-electron chi connectivity index (χ4n) is 2.70. The first kappa shape index (κ1) is 16.7. The molecule has 0 bridgehead atoms. The Bertz CT molecular complexity index is 159. The molecule has 0 amide bonds. The zero-order valence-electron chi connectivity index (χ0n) is 11.7. The van der Waals surface area contributed by atoms with Gasteiger partial charge in [0, 0.05) is 3.92 Å². The Morgan fingerprint density at radius 2 is 1.75 bits per heavy atom. The van der Waals surface area contributed by atoms with E-state index in [4.69, 9.17) is 0 Å². The maximum Gasteiger partial charge on any atom is 0.0113 e. The zero-order valence-corrected chi connectivity index (χ0v) is 13.9. The summed E-state index contributed by atoms with van der Waals surface area (Å²) in [6.45, 7) is 10.7. The first-order chi connectivity index (χ1) is 7.52. The molecule has 98 valence electrons. The molecule has 0 radical (unpaired) electrons. The van der Waals surface area contributed by atoms with Gasteiger partial charge in [-0.3, -0.25) is 0 Å². The van der Waals surface area contributed by atoms with Crippen molar-refractivity contribution in [3.05, 3.63) is 0 Å². The third kappa shape index (κ3) is 7.10. The van der Waals surface area contributed by atoms with E-state index in [0.717, 1.165) is 28.2 Å². The molecule has 0 aliphatic carbocycles. The van der Waals surface area contributed by atoms with Gasteiger partial charge in [0.15, 0.2) is 0 Å². The zero-order chi connectivity index (χ0) is 12.6. The van der Waals surface area contributed by atoms with Crippen LogP contribution in [0.15, 0.2) is 0 Å². The van der Waals surface area contributed by atoms with Crippen molar-refractivity contribution in [1.29, 1.82) is 0 Å². The summed E-state index contributed by atoms with van der Waals surface area (Å²) in [6.07, 6.45) is 5.43. The van der Waals surface area contributed by atoms with Crippen LogP contribution >= 0.6 is 22.6 Å². The Kier molecular flexibility index (Phi) is 10.1. The molecule has 0 aliphatic heterocycles. The highest BCUT2D eigenvalue weighted by Crippen LogP contribution is 2.30. The summed E-state index contributed by atoms with van der Waals surface area (Å²) in [6, 6.07) is 0. The molecule has 0 aromatic rings. The fraction of sp³-hybridized carbons (Fsp3) is 1.00. The van der Waals surface area contributed by atoms with E-state index >= 15 is 0 Å². The quantitative estimate of drug-likeness (QED) is 0.482. The van der Waals surface area contributed by atoms with Crippen LogP contribution in [0.25, 0.3) is 0 Å². The van der Waals surface area contributed by atoms with Crippen molar-refractivity contribution in [2.75, 3.05) is 13.6 Å². The van der Waals surface area contributed by atoms with E-state index in [1.165, 1.54) is 25.7 Å². The summed E-state index contributed by atoms with van der Waals surface area (Å²) in [5.41, 5.74) is 0. The molecular formula is C14H30IN. The van der Waals surface area contributed by atoms with Gasteiger partial charge < -0.3 is 5.32 Å². The van der Waals surface area contributed by atoms with E-state index < -0.39 is 0 Å². The Morgan fingerprint density at radius 1 is 1.12 bits per heavy atom. The van der Waals surface area contributed by atoms with E-state index in [0.29, 0.717) is 0 Å². The standard InChI is InChI=1S/C14H30IN/c1-6-7-11(2)10-12(3)14(13(4)15)8-9-16-5/h11-14,16H,6-10H2,1-5H3. The van der Waals surface area contributed by atoms with Crippen molar-refractivity contribution in [1.82, 2.24) is 5.32 Å². The molecule has 0 spiro atoms. The maximum atomic E-state index is 3.28. The summed E-state index contributed by atoms with van der Waals surface area (Å²) in [7, 11) is 2.05. The third-order valence-corrected chi connectivity index (χ3v) is 4.53. The van der Waals surface area contributed by atoms with E-state index in [9.17, 15) is 0 Å². The predicted octanol–water partition coefficient (Wildman–Crippen LogP) is 4.50. The van der Waals surface area contributed by atoms with Crippen molar-refractivity contribution in [2.45, 2.75) is 57.3 Å². The van der Waals surface area contributed by atoms with E-state index in [1.807, 2.05) is 0 Å². The highest BCUT2D eigenvalue weighted by Gasteiger charge is 2.22. The summed E-state index contributed by atoms with van der Waals surface area (Å²) in [5.74, 6) is 2.63. The summed E-state index contributed by atoms with van der Waals surface area (Å²) in [5, 5.41) is 3.28. The van der Waals surface area contributed by atoms with Crippen LogP contribution in [0.2, 0.25) is 0 Å². The largest absolute Gasteiger partial charge is 0.320 e. The molecule has 0 aliphatic rings. The van der Waals surface area contributed by atoms with Gasteiger partial charge in [0.2, 0.25) is 0 Å². The summed E-state index contributed by atoms with van der Waals surface area (Å²) in [4.78, 5) is 0. The van der Waals surface area contributed by atoms with Crippen molar-refractivity contribution >= 4 is 22.6 Å². The van der Waals surface area contributed by atoms with Gasteiger partial charge in [-0.2, -0.15) is 0 Å². The van der Waals surface area contributed by atoms with Gasteiger partial charge in [0.05, 0.1) is 0 Å².